The molecule has 88 valence electrons. The molecule has 0 bridgehead atoms. The monoisotopic (exact) mass is 246 g/mol. The molecule has 17 heavy (non-hydrogen) atoms. The summed E-state index contributed by atoms with van der Waals surface area (Å²) in [6, 6.07) is 11.3. The van der Waals surface area contributed by atoms with E-state index in [4.69, 9.17) is 4.42 Å². The molecule has 1 aromatic heterocycles. The second kappa shape index (κ2) is 5.15. The molecule has 0 spiro atoms. The van der Waals surface area contributed by atoms with Crippen LogP contribution in [0.15, 0.2) is 58.6 Å². The molecule has 2 rings (SSSR count). The lowest BCUT2D eigenvalue weighted by molar-refractivity contribution is 0.553. The zero-order chi connectivity index (χ0) is 12.3. The maximum Gasteiger partial charge on any atom is 0.130 e. The van der Waals surface area contributed by atoms with Gasteiger partial charge in [-0.25, -0.2) is 0 Å². The van der Waals surface area contributed by atoms with Crippen molar-refractivity contribution in [3.8, 4) is 0 Å². The lowest BCUT2D eigenvalue weighted by Crippen LogP contribution is -1.99. The summed E-state index contributed by atoms with van der Waals surface area (Å²) in [5.74, 6) is 1.10. The largest absolute Gasteiger partial charge is 0.465 e. The number of hydrogen-bond donors (Lipinski definition) is 0. The molecular weight excluding hydrogens is 232 g/mol. The van der Waals surface area contributed by atoms with Gasteiger partial charge in [-0.15, -0.1) is 0 Å². The second-order valence-corrected chi connectivity index (χ2v) is 5.33. The minimum atomic E-state index is -1.07. The zero-order valence-electron chi connectivity index (χ0n) is 9.68. The van der Waals surface area contributed by atoms with Crippen LogP contribution in [0.2, 0.25) is 0 Å². The first-order valence-corrected chi connectivity index (χ1v) is 6.65. The molecule has 0 aliphatic carbocycles. The quantitative estimate of drug-likeness (QED) is 0.827. The van der Waals surface area contributed by atoms with Crippen LogP contribution in [0, 0.1) is 6.92 Å². The van der Waals surface area contributed by atoms with Crippen molar-refractivity contribution in [2.75, 3.05) is 5.75 Å². The standard InChI is InChI=1S/C14H14O2S/c1-11-5-7-13(8-6-11)17(15)10-12(2)14-4-3-9-16-14/h3-9H,2,10H2,1H3. The van der Waals surface area contributed by atoms with Crippen LogP contribution in [0.5, 0.6) is 0 Å². The summed E-state index contributed by atoms with van der Waals surface area (Å²) >= 11 is 0. The molecular formula is C14H14O2S. The van der Waals surface area contributed by atoms with E-state index >= 15 is 0 Å². The Bertz CT molecular complexity index is 524. The van der Waals surface area contributed by atoms with Gasteiger partial charge in [-0.1, -0.05) is 24.3 Å². The van der Waals surface area contributed by atoms with Crippen LogP contribution < -0.4 is 0 Å². The van der Waals surface area contributed by atoms with E-state index < -0.39 is 10.8 Å². The van der Waals surface area contributed by atoms with Crippen LogP contribution in [0.3, 0.4) is 0 Å². The molecule has 1 heterocycles. The first-order chi connectivity index (χ1) is 8.16. The molecule has 0 aliphatic rings. The van der Waals surface area contributed by atoms with E-state index in [2.05, 4.69) is 6.58 Å². The van der Waals surface area contributed by atoms with Crippen molar-refractivity contribution in [3.63, 3.8) is 0 Å². The smallest absolute Gasteiger partial charge is 0.130 e. The lowest BCUT2D eigenvalue weighted by atomic mass is 10.2. The van der Waals surface area contributed by atoms with Gasteiger partial charge in [0.2, 0.25) is 0 Å². The Morgan fingerprint density at radius 3 is 2.59 bits per heavy atom. The highest BCUT2D eigenvalue weighted by atomic mass is 32.2. The number of aryl methyl sites for hydroxylation is 1. The summed E-state index contributed by atoms with van der Waals surface area (Å²) in [7, 11) is -1.07. The fourth-order valence-corrected chi connectivity index (χ4v) is 2.55. The Morgan fingerprint density at radius 1 is 1.29 bits per heavy atom. The van der Waals surface area contributed by atoms with Gasteiger partial charge in [0.25, 0.3) is 0 Å². The lowest BCUT2D eigenvalue weighted by Gasteiger charge is -2.04. The van der Waals surface area contributed by atoms with E-state index in [1.165, 1.54) is 0 Å². The summed E-state index contributed by atoms with van der Waals surface area (Å²) in [4.78, 5) is 0.823. The molecule has 0 amide bonds. The van der Waals surface area contributed by atoms with Gasteiger partial charge in [-0.3, -0.25) is 4.21 Å². The van der Waals surface area contributed by atoms with Crippen molar-refractivity contribution in [1.29, 1.82) is 0 Å². The predicted octanol–water partition coefficient (Wildman–Crippen LogP) is 3.41. The molecule has 3 heteroatoms. The van der Waals surface area contributed by atoms with Crippen molar-refractivity contribution in [2.24, 2.45) is 0 Å². The number of benzene rings is 1. The second-order valence-electron chi connectivity index (χ2n) is 3.88. The van der Waals surface area contributed by atoms with Crippen LogP contribution in [-0.2, 0) is 10.8 Å². The Morgan fingerprint density at radius 2 is 2.00 bits per heavy atom. The molecule has 1 atom stereocenters. The van der Waals surface area contributed by atoms with Gasteiger partial charge < -0.3 is 4.42 Å². The molecule has 0 radical (unpaired) electrons. The van der Waals surface area contributed by atoms with E-state index in [-0.39, 0.29) is 0 Å². The van der Waals surface area contributed by atoms with Gasteiger partial charge in [0.1, 0.15) is 5.76 Å². The third-order valence-electron chi connectivity index (χ3n) is 2.46. The Labute approximate surface area is 103 Å². The van der Waals surface area contributed by atoms with E-state index in [0.717, 1.165) is 16.0 Å². The average molecular weight is 246 g/mol. The number of furan rings is 1. The minimum absolute atomic E-state index is 0.399. The van der Waals surface area contributed by atoms with Crippen molar-refractivity contribution < 1.29 is 8.63 Å². The Balaban J connectivity index is 2.07. The van der Waals surface area contributed by atoms with Crippen LogP contribution in [-0.4, -0.2) is 9.96 Å². The molecule has 0 saturated carbocycles. The van der Waals surface area contributed by atoms with Crippen LogP contribution in [0.4, 0.5) is 0 Å². The van der Waals surface area contributed by atoms with Gasteiger partial charge in [0, 0.05) is 10.5 Å². The maximum atomic E-state index is 12.1. The topological polar surface area (TPSA) is 30.2 Å². The van der Waals surface area contributed by atoms with Crippen molar-refractivity contribution in [1.82, 2.24) is 0 Å². The average Bonchev–Trinajstić information content (AvgIpc) is 2.83. The first-order valence-electron chi connectivity index (χ1n) is 5.33. The Kier molecular flexibility index (Phi) is 3.59. The molecule has 2 nitrogen and oxygen atoms in total. The number of hydrogen-bond acceptors (Lipinski definition) is 2. The SMILES string of the molecule is C=C(CS(=O)c1ccc(C)cc1)c1ccco1. The fraction of sp³-hybridized carbons (Fsp3) is 0.143. The summed E-state index contributed by atoms with van der Waals surface area (Å²) in [5, 5.41) is 0. The van der Waals surface area contributed by atoms with Crippen molar-refractivity contribution >= 4 is 16.4 Å². The van der Waals surface area contributed by atoms with E-state index in [9.17, 15) is 4.21 Å². The van der Waals surface area contributed by atoms with Crippen LogP contribution in [0.25, 0.3) is 5.57 Å². The molecule has 0 saturated heterocycles. The van der Waals surface area contributed by atoms with E-state index in [1.54, 1.807) is 12.3 Å². The van der Waals surface area contributed by atoms with E-state index in [0.29, 0.717) is 11.5 Å². The highest BCUT2D eigenvalue weighted by Gasteiger charge is 2.09. The minimum Gasteiger partial charge on any atom is -0.465 e. The molecule has 0 N–H and O–H groups in total. The van der Waals surface area contributed by atoms with Gasteiger partial charge >= 0.3 is 0 Å². The molecule has 2 aromatic rings. The summed E-state index contributed by atoms with van der Waals surface area (Å²) in [6.07, 6.45) is 1.59. The van der Waals surface area contributed by atoms with E-state index in [1.807, 2.05) is 37.3 Å². The summed E-state index contributed by atoms with van der Waals surface area (Å²) in [5.41, 5.74) is 1.92. The molecule has 1 aromatic carbocycles. The van der Waals surface area contributed by atoms with Gasteiger partial charge in [0.05, 0.1) is 22.8 Å². The summed E-state index contributed by atoms with van der Waals surface area (Å²) < 4.78 is 17.3. The van der Waals surface area contributed by atoms with Crippen LogP contribution >= 0.6 is 0 Å². The highest BCUT2D eigenvalue weighted by molar-refractivity contribution is 7.85. The zero-order valence-corrected chi connectivity index (χ0v) is 10.5. The molecule has 0 fully saturated rings. The highest BCUT2D eigenvalue weighted by Crippen LogP contribution is 2.17. The third kappa shape index (κ3) is 2.94. The normalized spacial score (nSPS) is 12.3. The predicted molar refractivity (Wildman–Crippen MR) is 70.2 cm³/mol. The van der Waals surface area contributed by atoms with Crippen LogP contribution in [0.1, 0.15) is 11.3 Å². The van der Waals surface area contributed by atoms with Crippen molar-refractivity contribution in [2.45, 2.75) is 11.8 Å². The van der Waals surface area contributed by atoms with Gasteiger partial charge in [-0.2, -0.15) is 0 Å². The maximum absolute atomic E-state index is 12.1. The first kappa shape index (κ1) is 11.9. The molecule has 0 aliphatic heterocycles. The Hall–Kier alpha value is -1.61. The van der Waals surface area contributed by atoms with Crippen molar-refractivity contribution in [3.05, 3.63) is 60.6 Å². The number of rotatable bonds is 4. The van der Waals surface area contributed by atoms with Gasteiger partial charge in [0.15, 0.2) is 0 Å². The summed E-state index contributed by atoms with van der Waals surface area (Å²) in [6.45, 7) is 5.90. The third-order valence-corrected chi connectivity index (χ3v) is 3.87. The van der Waals surface area contributed by atoms with Gasteiger partial charge in [-0.05, 0) is 31.2 Å². The molecule has 1 unspecified atom stereocenters. The fourth-order valence-electron chi connectivity index (χ4n) is 1.48.